The molecule has 3 N–H and O–H groups in total. The second-order valence-corrected chi connectivity index (χ2v) is 4.84. The van der Waals surface area contributed by atoms with Crippen molar-refractivity contribution in [3.8, 4) is 5.75 Å². The Morgan fingerprint density at radius 1 is 1.26 bits per heavy atom. The van der Waals surface area contributed by atoms with Crippen molar-refractivity contribution in [2.75, 3.05) is 31.1 Å². The molecule has 1 amide bonds. The van der Waals surface area contributed by atoms with Gasteiger partial charge < -0.3 is 20.6 Å². The maximum absolute atomic E-state index is 12.0. The number of phenolic OH excluding ortho intramolecular Hbond substituents is 1. The highest BCUT2D eigenvalue weighted by Crippen LogP contribution is 2.19. The highest BCUT2D eigenvalue weighted by molar-refractivity contribution is 5.81. The zero-order chi connectivity index (χ0) is 13.8. The molecule has 0 unspecified atom stereocenters. The summed E-state index contributed by atoms with van der Waals surface area (Å²) in [6, 6.07) is 6.77. The minimum atomic E-state index is -0.375. The van der Waals surface area contributed by atoms with Crippen LogP contribution in [0.3, 0.4) is 0 Å². The number of carbonyl (C=O) groups is 1. The van der Waals surface area contributed by atoms with Crippen molar-refractivity contribution in [2.45, 2.75) is 19.4 Å². The minimum absolute atomic E-state index is 0.0489. The lowest BCUT2D eigenvalue weighted by atomic mass is 10.2. The van der Waals surface area contributed by atoms with E-state index in [0.717, 1.165) is 18.8 Å². The third kappa shape index (κ3) is 3.17. The van der Waals surface area contributed by atoms with Gasteiger partial charge in [-0.05, 0) is 30.7 Å². The van der Waals surface area contributed by atoms with Crippen molar-refractivity contribution in [1.29, 1.82) is 0 Å². The number of aromatic hydroxyl groups is 1. The van der Waals surface area contributed by atoms with E-state index in [1.54, 1.807) is 12.1 Å². The van der Waals surface area contributed by atoms with E-state index in [4.69, 9.17) is 5.73 Å². The molecule has 104 valence electrons. The molecule has 1 aliphatic heterocycles. The number of carbonyl (C=O) groups excluding carboxylic acids is 1. The standard InChI is InChI=1S/C14H21N3O2/c1-2-13(15)14(19)17-9-7-16(8-10-17)11-3-5-12(18)6-4-11/h3-6,13,18H,2,7-10,15H2,1H3/t13-/m1/s1. The van der Waals surface area contributed by atoms with Gasteiger partial charge in [-0.3, -0.25) is 4.79 Å². The summed E-state index contributed by atoms with van der Waals surface area (Å²) in [5.74, 6) is 0.319. The molecular weight excluding hydrogens is 242 g/mol. The second-order valence-electron chi connectivity index (χ2n) is 4.84. The number of phenols is 1. The zero-order valence-electron chi connectivity index (χ0n) is 11.2. The lowest BCUT2D eigenvalue weighted by molar-refractivity contribution is -0.132. The summed E-state index contributed by atoms with van der Waals surface area (Å²) in [6.07, 6.45) is 0.678. The molecule has 0 aliphatic carbocycles. The molecule has 0 saturated carbocycles. The van der Waals surface area contributed by atoms with Crippen LogP contribution in [-0.4, -0.2) is 48.1 Å². The average molecular weight is 263 g/mol. The van der Waals surface area contributed by atoms with Gasteiger partial charge in [-0.25, -0.2) is 0 Å². The maximum Gasteiger partial charge on any atom is 0.239 e. The van der Waals surface area contributed by atoms with Gasteiger partial charge in [-0.15, -0.1) is 0 Å². The molecular formula is C14H21N3O2. The van der Waals surface area contributed by atoms with Crippen LogP contribution < -0.4 is 10.6 Å². The number of amides is 1. The molecule has 1 aromatic carbocycles. The van der Waals surface area contributed by atoms with E-state index in [1.807, 2.05) is 24.0 Å². The molecule has 1 fully saturated rings. The molecule has 0 bridgehead atoms. The lowest BCUT2D eigenvalue weighted by Gasteiger charge is -2.37. The van der Waals surface area contributed by atoms with Crippen molar-refractivity contribution in [2.24, 2.45) is 5.73 Å². The van der Waals surface area contributed by atoms with Crippen molar-refractivity contribution < 1.29 is 9.90 Å². The van der Waals surface area contributed by atoms with Gasteiger partial charge in [0, 0.05) is 31.9 Å². The van der Waals surface area contributed by atoms with Gasteiger partial charge in [0.15, 0.2) is 0 Å². The molecule has 0 aromatic heterocycles. The van der Waals surface area contributed by atoms with Crippen LogP contribution in [0.15, 0.2) is 24.3 Å². The largest absolute Gasteiger partial charge is 0.508 e. The Morgan fingerprint density at radius 3 is 2.37 bits per heavy atom. The Kier molecular flexibility index (Phi) is 4.27. The van der Waals surface area contributed by atoms with Crippen LogP contribution in [0.4, 0.5) is 5.69 Å². The molecule has 1 atom stereocenters. The third-order valence-corrected chi connectivity index (χ3v) is 3.56. The van der Waals surface area contributed by atoms with Gasteiger partial charge in [0.1, 0.15) is 5.75 Å². The van der Waals surface area contributed by atoms with Crippen molar-refractivity contribution in [1.82, 2.24) is 4.90 Å². The van der Waals surface area contributed by atoms with E-state index in [2.05, 4.69) is 4.90 Å². The van der Waals surface area contributed by atoms with Gasteiger partial charge in [0.2, 0.25) is 5.91 Å². The number of rotatable bonds is 3. The first-order valence-electron chi connectivity index (χ1n) is 6.70. The zero-order valence-corrected chi connectivity index (χ0v) is 11.2. The third-order valence-electron chi connectivity index (χ3n) is 3.56. The molecule has 1 heterocycles. The van der Waals surface area contributed by atoms with E-state index < -0.39 is 0 Å². The number of nitrogens with two attached hydrogens (primary N) is 1. The predicted octanol–water partition coefficient (Wildman–Crippen LogP) is 0.778. The summed E-state index contributed by atoms with van der Waals surface area (Å²) < 4.78 is 0. The van der Waals surface area contributed by atoms with Crippen LogP contribution in [0.2, 0.25) is 0 Å². The Bertz CT molecular complexity index is 425. The average Bonchev–Trinajstić information content (AvgIpc) is 2.46. The Balaban J connectivity index is 1.92. The number of nitrogens with zero attached hydrogens (tertiary/aromatic N) is 2. The van der Waals surface area contributed by atoms with Gasteiger partial charge in [0.25, 0.3) is 0 Å². The van der Waals surface area contributed by atoms with E-state index >= 15 is 0 Å². The fraction of sp³-hybridized carbons (Fsp3) is 0.500. The summed E-state index contributed by atoms with van der Waals surface area (Å²) in [4.78, 5) is 16.0. The molecule has 2 rings (SSSR count). The van der Waals surface area contributed by atoms with Crippen LogP contribution in [0.5, 0.6) is 5.75 Å². The molecule has 0 radical (unpaired) electrons. The van der Waals surface area contributed by atoms with E-state index in [0.29, 0.717) is 19.5 Å². The number of piperazine rings is 1. The van der Waals surface area contributed by atoms with Crippen molar-refractivity contribution in [3.63, 3.8) is 0 Å². The summed E-state index contributed by atoms with van der Waals surface area (Å²) in [5.41, 5.74) is 6.85. The monoisotopic (exact) mass is 263 g/mol. The highest BCUT2D eigenvalue weighted by Gasteiger charge is 2.24. The fourth-order valence-corrected chi connectivity index (χ4v) is 2.26. The SMILES string of the molecule is CC[C@@H](N)C(=O)N1CCN(c2ccc(O)cc2)CC1. The summed E-state index contributed by atoms with van der Waals surface area (Å²) in [6.45, 7) is 4.93. The lowest BCUT2D eigenvalue weighted by Crippen LogP contribution is -2.53. The van der Waals surface area contributed by atoms with Crippen LogP contribution in [-0.2, 0) is 4.79 Å². The molecule has 1 aliphatic rings. The summed E-state index contributed by atoms with van der Waals surface area (Å²) >= 11 is 0. The van der Waals surface area contributed by atoms with Crippen molar-refractivity contribution >= 4 is 11.6 Å². The Labute approximate surface area is 113 Å². The predicted molar refractivity (Wildman–Crippen MR) is 75.2 cm³/mol. The van der Waals surface area contributed by atoms with Crippen LogP contribution in [0.25, 0.3) is 0 Å². The number of hydrogen-bond donors (Lipinski definition) is 2. The Morgan fingerprint density at radius 2 is 1.84 bits per heavy atom. The molecule has 5 heteroatoms. The maximum atomic E-state index is 12.0. The fourth-order valence-electron chi connectivity index (χ4n) is 2.26. The number of anilines is 1. The van der Waals surface area contributed by atoms with E-state index in [1.165, 1.54) is 0 Å². The van der Waals surface area contributed by atoms with Crippen LogP contribution in [0.1, 0.15) is 13.3 Å². The smallest absolute Gasteiger partial charge is 0.239 e. The van der Waals surface area contributed by atoms with E-state index in [9.17, 15) is 9.90 Å². The van der Waals surface area contributed by atoms with E-state index in [-0.39, 0.29) is 17.7 Å². The summed E-state index contributed by atoms with van der Waals surface area (Å²) in [7, 11) is 0. The first-order chi connectivity index (χ1) is 9.11. The second kappa shape index (κ2) is 5.93. The van der Waals surface area contributed by atoms with Crippen LogP contribution >= 0.6 is 0 Å². The molecule has 1 saturated heterocycles. The molecule has 1 aromatic rings. The molecule has 19 heavy (non-hydrogen) atoms. The quantitative estimate of drug-likeness (QED) is 0.845. The first-order valence-corrected chi connectivity index (χ1v) is 6.70. The number of hydrogen-bond acceptors (Lipinski definition) is 4. The van der Waals surface area contributed by atoms with Gasteiger partial charge in [0.05, 0.1) is 6.04 Å². The minimum Gasteiger partial charge on any atom is -0.508 e. The van der Waals surface area contributed by atoms with Gasteiger partial charge in [-0.2, -0.15) is 0 Å². The Hall–Kier alpha value is -1.75. The van der Waals surface area contributed by atoms with Crippen LogP contribution in [0, 0.1) is 0 Å². The van der Waals surface area contributed by atoms with Gasteiger partial charge in [-0.1, -0.05) is 6.92 Å². The molecule has 5 nitrogen and oxygen atoms in total. The topological polar surface area (TPSA) is 69.8 Å². The normalized spacial score (nSPS) is 17.4. The highest BCUT2D eigenvalue weighted by atomic mass is 16.3. The van der Waals surface area contributed by atoms with Gasteiger partial charge >= 0.3 is 0 Å². The summed E-state index contributed by atoms with van der Waals surface area (Å²) in [5, 5.41) is 9.27. The molecule has 0 spiro atoms. The van der Waals surface area contributed by atoms with Crippen molar-refractivity contribution in [3.05, 3.63) is 24.3 Å². The first kappa shape index (κ1) is 13.7. The number of benzene rings is 1.